The molecule has 3 aromatic rings. The summed E-state index contributed by atoms with van der Waals surface area (Å²) in [4.78, 5) is 40.5. The van der Waals surface area contributed by atoms with Crippen molar-refractivity contribution in [2.45, 2.75) is 75.9 Å². The molecule has 2 aromatic carbocycles. The van der Waals surface area contributed by atoms with E-state index in [-0.39, 0.29) is 42.4 Å². The van der Waals surface area contributed by atoms with Gasteiger partial charge >= 0.3 is 0 Å². The molecule has 1 saturated heterocycles. The molecule has 0 spiro atoms. The van der Waals surface area contributed by atoms with Gasteiger partial charge in [-0.25, -0.2) is 0 Å². The van der Waals surface area contributed by atoms with Crippen LogP contribution >= 0.6 is 0 Å². The molecule has 2 heterocycles. The molecule has 3 N–H and O–H groups in total. The van der Waals surface area contributed by atoms with Gasteiger partial charge in [-0.15, -0.1) is 10.2 Å². The lowest BCUT2D eigenvalue weighted by Crippen LogP contribution is -2.46. The quantitative estimate of drug-likeness (QED) is 0.335. The van der Waals surface area contributed by atoms with Crippen molar-refractivity contribution in [2.75, 3.05) is 20.6 Å². The van der Waals surface area contributed by atoms with Gasteiger partial charge in [0.1, 0.15) is 11.5 Å². The number of likely N-dealkylation sites (tertiary alicyclic amines) is 1. The van der Waals surface area contributed by atoms with Crippen LogP contribution in [0.2, 0.25) is 0 Å². The number of hydrogen-bond acceptors (Lipinski definition) is 8. The summed E-state index contributed by atoms with van der Waals surface area (Å²) >= 11 is 0. The molecular formula is C34H39N7O4. The Morgan fingerprint density at radius 3 is 2.18 bits per heavy atom. The monoisotopic (exact) mass is 609 g/mol. The van der Waals surface area contributed by atoms with E-state index in [4.69, 9.17) is 4.42 Å². The van der Waals surface area contributed by atoms with Gasteiger partial charge in [-0.3, -0.25) is 14.4 Å². The van der Waals surface area contributed by atoms with Crippen molar-refractivity contribution < 1.29 is 18.8 Å². The summed E-state index contributed by atoms with van der Waals surface area (Å²) in [6.45, 7) is 4.09. The minimum Gasteiger partial charge on any atom is -0.424 e. The van der Waals surface area contributed by atoms with Crippen LogP contribution in [0.15, 0.2) is 40.8 Å². The summed E-state index contributed by atoms with van der Waals surface area (Å²) in [5.74, 6) is 0.957. The first-order valence-electron chi connectivity index (χ1n) is 15.7. The summed E-state index contributed by atoms with van der Waals surface area (Å²) < 4.78 is 6.38. The number of nitrogens with zero attached hydrogens (tertiary/aromatic N) is 4. The Kier molecular flexibility index (Phi) is 8.18. The lowest BCUT2D eigenvalue weighted by Gasteiger charge is -2.36. The van der Waals surface area contributed by atoms with Crippen LogP contribution in [-0.4, -0.2) is 71.6 Å². The Morgan fingerprint density at radius 2 is 1.64 bits per heavy atom. The molecule has 3 aliphatic rings. The third-order valence-electron chi connectivity index (χ3n) is 9.66. The maximum absolute atomic E-state index is 13.3. The van der Waals surface area contributed by atoms with Gasteiger partial charge in [0.05, 0.1) is 12.6 Å². The first kappa shape index (κ1) is 30.5. The van der Waals surface area contributed by atoms with Crippen LogP contribution in [0.4, 0.5) is 0 Å². The molecule has 45 heavy (non-hydrogen) atoms. The fourth-order valence-electron chi connectivity index (χ4n) is 7.34. The summed E-state index contributed by atoms with van der Waals surface area (Å²) in [5, 5.41) is 27.5. The van der Waals surface area contributed by atoms with Crippen LogP contribution in [0.1, 0.15) is 87.9 Å². The number of nitrogens with one attached hydrogen (secondary N) is 3. The predicted octanol–water partition coefficient (Wildman–Crippen LogP) is 2.67. The van der Waals surface area contributed by atoms with Crippen molar-refractivity contribution in [3.05, 3.63) is 81.6 Å². The second-order valence-corrected chi connectivity index (χ2v) is 12.4. The van der Waals surface area contributed by atoms with Gasteiger partial charge in [0, 0.05) is 43.7 Å². The second-order valence-electron chi connectivity index (χ2n) is 12.4. The van der Waals surface area contributed by atoms with Crippen molar-refractivity contribution >= 4 is 17.7 Å². The van der Waals surface area contributed by atoms with E-state index in [1.165, 1.54) is 0 Å². The maximum atomic E-state index is 13.3. The number of carbonyl (C=O) groups excluding carboxylic acids is 3. The highest BCUT2D eigenvalue weighted by molar-refractivity contribution is 5.95. The molecule has 2 fully saturated rings. The number of aryl methyl sites for hydroxylation is 3. The molecule has 1 aromatic heterocycles. The fraction of sp³-hybridized carbons (Fsp3) is 0.471. The zero-order valence-electron chi connectivity index (χ0n) is 26.1. The number of benzene rings is 2. The average Bonchev–Trinajstić information content (AvgIpc) is 3.50. The second kappa shape index (κ2) is 12.1. The zero-order valence-corrected chi connectivity index (χ0v) is 26.1. The van der Waals surface area contributed by atoms with Gasteiger partial charge in [0.2, 0.25) is 17.7 Å². The van der Waals surface area contributed by atoms with Gasteiger partial charge in [0.15, 0.2) is 0 Å². The van der Waals surface area contributed by atoms with Crippen molar-refractivity contribution in [3.63, 3.8) is 0 Å². The molecule has 0 radical (unpaired) electrons. The lowest BCUT2D eigenvalue weighted by atomic mass is 9.68. The van der Waals surface area contributed by atoms with E-state index in [1.807, 2.05) is 50.2 Å². The number of amides is 3. The highest BCUT2D eigenvalue weighted by atomic mass is 16.4. The fourth-order valence-corrected chi connectivity index (χ4v) is 7.34. The molecule has 0 bridgehead atoms. The summed E-state index contributed by atoms with van der Waals surface area (Å²) in [6.07, 6.45) is 4.02. The van der Waals surface area contributed by atoms with E-state index >= 15 is 0 Å². The normalized spacial score (nSPS) is 21.4. The van der Waals surface area contributed by atoms with Crippen LogP contribution in [0.25, 0.3) is 0 Å². The first-order chi connectivity index (χ1) is 21.7. The number of hydrogen-bond donors (Lipinski definition) is 3. The molecule has 234 valence electrons. The molecule has 2 aliphatic carbocycles. The third-order valence-corrected chi connectivity index (χ3v) is 9.66. The van der Waals surface area contributed by atoms with E-state index in [0.29, 0.717) is 54.5 Å². The molecule has 11 heteroatoms. The number of carbonyl (C=O) groups is 3. The molecular weight excluding hydrogens is 570 g/mol. The molecule has 4 atom stereocenters. The van der Waals surface area contributed by atoms with Gasteiger partial charge in [-0.2, -0.15) is 5.26 Å². The minimum atomic E-state index is -0.941. The highest BCUT2D eigenvalue weighted by Crippen LogP contribution is 2.49. The summed E-state index contributed by atoms with van der Waals surface area (Å²) in [7, 11) is 3.22. The number of nitriles is 1. The van der Waals surface area contributed by atoms with Crippen LogP contribution < -0.4 is 16.0 Å². The highest BCUT2D eigenvalue weighted by Gasteiger charge is 2.54. The van der Waals surface area contributed by atoms with Crippen molar-refractivity contribution in [3.8, 4) is 6.07 Å². The van der Waals surface area contributed by atoms with E-state index in [1.54, 1.807) is 19.0 Å². The Hall–Kier alpha value is -4.56. The smallest absolute Gasteiger partial charge is 0.251 e. The summed E-state index contributed by atoms with van der Waals surface area (Å²) in [5.41, 5.74) is 3.99. The number of fused-ring (bicyclic) bond motifs is 3. The van der Waals surface area contributed by atoms with E-state index in [9.17, 15) is 19.6 Å². The average molecular weight is 610 g/mol. The van der Waals surface area contributed by atoms with Crippen LogP contribution in [0.5, 0.6) is 0 Å². The van der Waals surface area contributed by atoms with Crippen LogP contribution in [0, 0.1) is 17.2 Å². The predicted molar refractivity (Wildman–Crippen MR) is 165 cm³/mol. The molecule has 1 saturated carbocycles. The number of aromatic nitrogens is 2. The van der Waals surface area contributed by atoms with Crippen LogP contribution in [0.3, 0.4) is 0 Å². The standard InChI is InChI=1S/C34H39N7O4/c1-5-29-39-40-33(45-29)34(16-19(2)38-18-30(42)41-25(17-35)14-24-15-28(24)41)26-10-8-22(31(43)36-3)12-20(26)6-7-21-13-23(32(44)37-4)9-11-27(21)34/h8-13,19,24-25,28,38H,5-7,14-16,18H2,1-4H3,(H,36,43)(H,37,44)/t19-,24+,25-,28-/m0/s1. The van der Waals surface area contributed by atoms with Crippen molar-refractivity contribution in [2.24, 2.45) is 5.92 Å². The maximum Gasteiger partial charge on any atom is 0.251 e. The summed E-state index contributed by atoms with van der Waals surface area (Å²) in [6, 6.07) is 13.3. The Labute approximate surface area is 262 Å². The van der Waals surface area contributed by atoms with Crippen molar-refractivity contribution in [1.82, 2.24) is 31.0 Å². The minimum absolute atomic E-state index is 0.0642. The van der Waals surface area contributed by atoms with Gasteiger partial charge in [-0.1, -0.05) is 19.1 Å². The number of piperidine rings is 1. The molecule has 0 unspecified atom stereocenters. The zero-order chi connectivity index (χ0) is 31.9. The van der Waals surface area contributed by atoms with E-state index < -0.39 is 5.41 Å². The molecule has 6 rings (SSSR count). The Morgan fingerprint density at radius 1 is 1.02 bits per heavy atom. The number of rotatable bonds is 9. The van der Waals surface area contributed by atoms with Gasteiger partial charge in [-0.05, 0) is 91.5 Å². The van der Waals surface area contributed by atoms with E-state index in [0.717, 1.165) is 35.1 Å². The lowest BCUT2D eigenvalue weighted by molar-refractivity contribution is -0.131. The Bertz CT molecular complexity index is 1620. The van der Waals surface area contributed by atoms with E-state index in [2.05, 4.69) is 32.2 Å². The van der Waals surface area contributed by atoms with Gasteiger partial charge in [0.25, 0.3) is 11.8 Å². The van der Waals surface area contributed by atoms with Gasteiger partial charge < -0.3 is 25.3 Å². The SMILES string of the molecule is CCc1nnc(C2(C[C@H](C)NCC(=O)N3[C@H](C#N)C[C@@H]4C[C@@H]43)c3ccc(C(=O)NC)cc3CCc3cc(C(=O)NC)ccc32)o1. The topological polar surface area (TPSA) is 153 Å². The third kappa shape index (κ3) is 5.37. The first-order valence-corrected chi connectivity index (χ1v) is 15.7. The largest absolute Gasteiger partial charge is 0.424 e. The Balaban J connectivity index is 1.44. The molecule has 3 amide bonds. The molecule has 11 nitrogen and oxygen atoms in total. The van der Waals surface area contributed by atoms with Crippen LogP contribution in [-0.2, 0) is 29.5 Å². The van der Waals surface area contributed by atoms with Crippen molar-refractivity contribution in [1.29, 1.82) is 5.26 Å². The molecule has 1 aliphatic heterocycles.